The molecule has 0 saturated heterocycles. The molecule has 1 aromatic heterocycles. The van der Waals surface area contributed by atoms with Gasteiger partial charge in [-0.3, -0.25) is 0 Å². The summed E-state index contributed by atoms with van der Waals surface area (Å²) in [6, 6.07) is 26.1. The van der Waals surface area contributed by atoms with Crippen molar-refractivity contribution in [1.29, 1.82) is 0 Å². The molecular weight excluding hydrogens is 256 g/mol. The van der Waals surface area contributed by atoms with E-state index in [0.29, 0.717) is 0 Å². The van der Waals surface area contributed by atoms with Crippen molar-refractivity contribution in [3.63, 3.8) is 0 Å². The van der Waals surface area contributed by atoms with E-state index in [1.54, 1.807) is 0 Å². The summed E-state index contributed by atoms with van der Waals surface area (Å²) in [6.45, 7) is 2.02. The number of fused-ring (bicyclic) bond motifs is 1. The van der Waals surface area contributed by atoms with Gasteiger partial charge < -0.3 is 9.88 Å². The van der Waals surface area contributed by atoms with Crippen LogP contribution in [-0.2, 0) is 6.54 Å². The van der Waals surface area contributed by atoms with Gasteiger partial charge in [-0.2, -0.15) is 0 Å². The number of benzene rings is 2. The summed E-state index contributed by atoms with van der Waals surface area (Å²) < 4.78 is 2.45. The lowest BCUT2D eigenvalue weighted by molar-refractivity contribution is 0.470. The molecule has 2 aromatic carbocycles. The molecule has 1 unspecified atom stereocenters. The fourth-order valence-corrected chi connectivity index (χ4v) is 3.21. The Labute approximate surface area is 125 Å². The maximum absolute atomic E-state index is 3.64. The van der Waals surface area contributed by atoms with Gasteiger partial charge in [-0.15, -0.1) is 0 Å². The van der Waals surface area contributed by atoms with E-state index in [0.717, 1.165) is 13.1 Å². The third-order valence-electron chi connectivity index (χ3n) is 4.20. The zero-order valence-electron chi connectivity index (χ0n) is 11.9. The van der Waals surface area contributed by atoms with Crippen molar-refractivity contribution in [2.75, 3.05) is 6.54 Å². The van der Waals surface area contributed by atoms with Gasteiger partial charge in [0.1, 0.15) is 0 Å². The Morgan fingerprint density at radius 3 is 2.29 bits per heavy atom. The van der Waals surface area contributed by atoms with Crippen LogP contribution in [0.5, 0.6) is 0 Å². The van der Waals surface area contributed by atoms with Gasteiger partial charge in [0, 0.05) is 24.5 Å². The minimum Gasteiger partial charge on any atom is -0.341 e. The molecule has 1 aliphatic rings. The van der Waals surface area contributed by atoms with Crippen molar-refractivity contribution < 1.29 is 0 Å². The molecule has 0 spiro atoms. The molecule has 0 bridgehead atoms. The topological polar surface area (TPSA) is 17.0 Å². The van der Waals surface area contributed by atoms with Crippen LogP contribution in [0.15, 0.2) is 72.8 Å². The van der Waals surface area contributed by atoms with Crippen molar-refractivity contribution in [1.82, 2.24) is 9.88 Å². The SMILES string of the molecule is c1ccc(-c2ccc3n2CCNC3c2ccccc2)cc1. The smallest absolute Gasteiger partial charge is 0.0731 e. The predicted molar refractivity (Wildman–Crippen MR) is 86.2 cm³/mol. The minimum atomic E-state index is 0.289. The molecule has 1 N–H and O–H groups in total. The Balaban J connectivity index is 1.79. The van der Waals surface area contributed by atoms with E-state index in [-0.39, 0.29) is 6.04 Å². The van der Waals surface area contributed by atoms with Gasteiger partial charge in [-0.1, -0.05) is 60.7 Å². The zero-order valence-corrected chi connectivity index (χ0v) is 11.9. The number of hydrogen-bond donors (Lipinski definition) is 1. The first-order chi connectivity index (χ1) is 10.4. The fraction of sp³-hybridized carbons (Fsp3) is 0.158. The quantitative estimate of drug-likeness (QED) is 0.751. The second-order valence-electron chi connectivity index (χ2n) is 5.46. The van der Waals surface area contributed by atoms with Gasteiger partial charge in [0.25, 0.3) is 0 Å². The molecule has 2 nitrogen and oxygen atoms in total. The molecule has 4 rings (SSSR count). The van der Waals surface area contributed by atoms with Crippen molar-refractivity contribution in [2.45, 2.75) is 12.6 Å². The Morgan fingerprint density at radius 1 is 0.810 bits per heavy atom. The highest BCUT2D eigenvalue weighted by Gasteiger charge is 2.23. The lowest BCUT2D eigenvalue weighted by Gasteiger charge is -2.28. The minimum absolute atomic E-state index is 0.289. The molecule has 104 valence electrons. The highest BCUT2D eigenvalue weighted by Crippen LogP contribution is 2.31. The summed E-state index contributed by atoms with van der Waals surface area (Å²) in [4.78, 5) is 0. The van der Waals surface area contributed by atoms with Crippen molar-refractivity contribution in [2.24, 2.45) is 0 Å². The van der Waals surface area contributed by atoms with Crippen molar-refractivity contribution >= 4 is 0 Å². The fourth-order valence-electron chi connectivity index (χ4n) is 3.21. The third kappa shape index (κ3) is 2.18. The van der Waals surface area contributed by atoms with Gasteiger partial charge in [0.2, 0.25) is 0 Å². The molecule has 0 amide bonds. The summed E-state index contributed by atoms with van der Waals surface area (Å²) in [5.41, 5.74) is 5.29. The Kier molecular flexibility index (Phi) is 3.09. The predicted octanol–water partition coefficient (Wildman–Crippen LogP) is 3.85. The molecule has 1 aliphatic heterocycles. The summed E-state index contributed by atoms with van der Waals surface area (Å²) in [5, 5.41) is 3.64. The van der Waals surface area contributed by atoms with E-state index in [4.69, 9.17) is 0 Å². The second-order valence-corrected chi connectivity index (χ2v) is 5.46. The molecule has 2 heteroatoms. The van der Waals surface area contributed by atoms with Gasteiger partial charge in [-0.25, -0.2) is 0 Å². The Bertz CT molecular complexity index is 729. The van der Waals surface area contributed by atoms with Crippen LogP contribution < -0.4 is 5.32 Å². The number of aromatic nitrogens is 1. The molecule has 0 aliphatic carbocycles. The first kappa shape index (κ1) is 12.4. The second kappa shape index (κ2) is 5.23. The van der Waals surface area contributed by atoms with Crippen LogP contribution in [0.25, 0.3) is 11.3 Å². The standard InChI is InChI=1S/C19H18N2/c1-3-7-15(8-4-1)17-11-12-18-19(20-13-14-21(17)18)16-9-5-2-6-10-16/h1-12,19-20H,13-14H2. The lowest BCUT2D eigenvalue weighted by Crippen LogP contribution is -2.33. The third-order valence-corrected chi connectivity index (χ3v) is 4.20. The number of nitrogens with one attached hydrogen (secondary N) is 1. The summed E-state index contributed by atoms with van der Waals surface area (Å²) >= 11 is 0. The van der Waals surface area contributed by atoms with E-state index < -0.39 is 0 Å². The van der Waals surface area contributed by atoms with Crippen LogP contribution in [0, 0.1) is 0 Å². The molecule has 1 atom stereocenters. The Hall–Kier alpha value is -2.32. The first-order valence-electron chi connectivity index (χ1n) is 7.47. The van der Waals surface area contributed by atoms with Gasteiger partial charge in [0.15, 0.2) is 0 Å². The number of hydrogen-bond acceptors (Lipinski definition) is 1. The molecule has 0 saturated carbocycles. The van der Waals surface area contributed by atoms with Gasteiger partial charge in [-0.05, 0) is 23.3 Å². The van der Waals surface area contributed by atoms with E-state index in [1.165, 1.54) is 22.5 Å². The number of nitrogens with zero attached hydrogens (tertiary/aromatic N) is 1. The Morgan fingerprint density at radius 2 is 1.52 bits per heavy atom. The normalized spacial score (nSPS) is 17.4. The highest BCUT2D eigenvalue weighted by atomic mass is 15.1. The molecule has 0 radical (unpaired) electrons. The van der Waals surface area contributed by atoms with Gasteiger partial charge in [0.05, 0.1) is 6.04 Å². The maximum Gasteiger partial charge on any atom is 0.0731 e. The zero-order chi connectivity index (χ0) is 14.1. The number of rotatable bonds is 2. The monoisotopic (exact) mass is 274 g/mol. The van der Waals surface area contributed by atoms with Crippen LogP contribution in [0.2, 0.25) is 0 Å². The van der Waals surface area contributed by atoms with E-state index in [9.17, 15) is 0 Å². The van der Waals surface area contributed by atoms with Crippen LogP contribution in [0.3, 0.4) is 0 Å². The van der Waals surface area contributed by atoms with Crippen molar-refractivity contribution in [3.8, 4) is 11.3 Å². The largest absolute Gasteiger partial charge is 0.341 e. The van der Waals surface area contributed by atoms with Crippen LogP contribution in [0.1, 0.15) is 17.3 Å². The van der Waals surface area contributed by atoms with E-state index in [1.807, 2.05) is 0 Å². The highest BCUT2D eigenvalue weighted by molar-refractivity contribution is 5.61. The van der Waals surface area contributed by atoms with E-state index in [2.05, 4.69) is 82.7 Å². The van der Waals surface area contributed by atoms with Gasteiger partial charge >= 0.3 is 0 Å². The van der Waals surface area contributed by atoms with Crippen LogP contribution in [-0.4, -0.2) is 11.1 Å². The average Bonchev–Trinajstić information content (AvgIpc) is 3.00. The molecular formula is C19H18N2. The molecule has 3 aromatic rings. The van der Waals surface area contributed by atoms with E-state index >= 15 is 0 Å². The summed E-state index contributed by atoms with van der Waals surface area (Å²) in [6.07, 6.45) is 0. The van der Waals surface area contributed by atoms with Crippen LogP contribution in [0.4, 0.5) is 0 Å². The first-order valence-corrected chi connectivity index (χ1v) is 7.47. The average molecular weight is 274 g/mol. The van der Waals surface area contributed by atoms with Crippen molar-refractivity contribution in [3.05, 3.63) is 84.1 Å². The molecule has 2 heterocycles. The molecule has 0 fully saturated rings. The lowest BCUT2D eigenvalue weighted by atomic mass is 10.0. The summed E-state index contributed by atoms with van der Waals surface area (Å²) in [7, 11) is 0. The molecule has 21 heavy (non-hydrogen) atoms. The van der Waals surface area contributed by atoms with Crippen LogP contribution >= 0.6 is 0 Å². The maximum atomic E-state index is 3.64. The summed E-state index contributed by atoms with van der Waals surface area (Å²) in [5.74, 6) is 0.